The smallest absolute Gasteiger partial charge is 0.240 e. The Morgan fingerprint density at radius 1 is 1.25 bits per heavy atom. The first-order valence-electron chi connectivity index (χ1n) is 7.51. The largest absolute Gasteiger partial charge is 0.354 e. The maximum atomic E-state index is 12.3. The molecule has 0 unspecified atom stereocenters. The van der Waals surface area contributed by atoms with Crippen molar-refractivity contribution in [3.8, 4) is 0 Å². The number of nitrogens with one attached hydrogen (secondary N) is 2. The maximum Gasteiger partial charge on any atom is 0.240 e. The van der Waals surface area contributed by atoms with Gasteiger partial charge >= 0.3 is 0 Å². The molecule has 0 bridgehead atoms. The summed E-state index contributed by atoms with van der Waals surface area (Å²) in [6.45, 7) is 6.27. The first kappa shape index (κ1) is 22.4. The highest BCUT2D eigenvalue weighted by Crippen LogP contribution is 2.12. The molecule has 4 N–H and O–H groups in total. The third-order valence-electron chi connectivity index (χ3n) is 3.87. The molecule has 1 atom stereocenters. The van der Waals surface area contributed by atoms with Gasteiger partial charge in [0.2, 0.25) is 5.91 Å². The molecular weight excluding hydrogens is 347 g/mol. The summed E-state index contributed by atoms with van der Waals surface area (Å²) in [5.74, 6) is -0.129. The van der Waals surface area contributed by atoms with E-state index in [9.17, 15) is 4.79 Å². The summed E-state index contributed by atoms with van der Waals surface area (Å²) in [6, 6.07) is 9.82. The van der Waals surface area contributed by atoms with Crippen molar-refractivity contribution < 1.29 is 4.79 Å². The minimum atomic E-state index is -0.915. The second kappa shape index (κ2) is 9.67. The Labute approximate surface area is 155 Å². The van der Waals surface area contributed by atoms with Gasteiger partial charge in [-0.3, -0.25) is 9.89 Å². The Morgan fingerprint density at radius 3 is 2.42 bits per heavy atom. The Kier molecular flexibility index (Phi) is 9.04. The van der Waals surface area contributed by atoms with Gasteiger partial charge in [-0.25, -0.2) is 0 Å². The van der Waals surface area contributed by atoms with E-state index in [-0.39, 0.29) is 30.7 Å². The van der Waals surface area contributed by atoms with Crippen molar-refractivity contribution in [3.05, 3.63) is 52.8 Å². The Hall–Kier alpha value is -1.56. The van der Waals surface area contributed by atoms with E-state index in [2.05, 4.69) is 15.5 Å². The molecule has 0 saturated carbocycles. The number of H-pyrrole nitrogens is 1. The number of nitrogens with two attached hydrogens (primary N) is 1. The van der Waals surface area contributed by atoms with Crippen molar-refractivity contribution in [2.75, 3.05) is 6.54 Å². The lowest BCUT2D eigenvalue weighted by Crippen LogP contribution is -2.53. The molecular formula is C17H26Cl2N4O. The summed E-state index contributed by atoms with van der Waals surface area (Å²) in [5, 5.41) is 10.0. The molecule has 0 aliphatic heterocycles. The fourth-order valence-corrected chi connectivity index (χ4v) is 2.55. The van der Waals surface area contributed by atoms with Gasteiger partial charge < -0.3 is 11.1 Å². The summed E-state index contributed by atoms with van der Waals surface area (Å²) in [6.07, 6.45) is 1.27. The SMILES string of the molecule is Cc1n[nH]c(C)c1CCNC(=O)[C@@](C)(N)Cc1ccccc1.Cl.Cl. The van der Waals surface area contributed by atoms with Crippen molar-refractivity contribution in [1.82, 2.24) is 15.5 Å². The number of aromatic amines is 1. The molecule has 0 fully saturated rings. The molecule has 0 aliphatic carbocycles. The molecule has 5 nitrogen and oxygen atoms in total. The molecule has 1 amide bonds. The molecule has 1 heterocycles. The minimum absolute atomic E-state index is 0. The minimum Gasteiger partial charge on any atom is -0.354 e. The van der Waals surface area contributed by atoms with Crippen LogP contribution in [0.1, 0.15) is 29.4 Å². The van der Waals surface area contributed by atoms with Crippen LogP contribution in [0.25, 0.3) is 0 Å². The van der Waals surface area contributed by atoms with E-state index in [1.54, 1.807) is 6.92 Å². The highest BCUT2D eigenvalue weighted by Gasteiger charge is 2.28. The summed E-state index contributed by atoms with van der Waals surface area (Å²) in [5.41, 5.74) is 9.51. The van der Waals surface area contributed by atoms with Gasteiger partial charge in [0.25, 0.3) is 0 Å². The fraction of sp³-hybridized carbons (Fsp3) is 0.412. The van der Waals surface area contributed by atoms with Gasteiger partial charge in [0.15, 0.2) is 0 Å². The van der Waals surface area contributed by atoms with E-state index >= 15 is 0 Å². The van der Waals surface area contributed by atoms with Gasteiger partial charge in [-0.15, -0.1) is 24.8 Å². The number of aromatic nitrogens is 2. The van der Waals surface area contributed by atoms with Crippen molar-refractivity contribution in [1.29, 1.82) is 0 Å². The zero-order valence-corrected chi connectivity index (χ0v) is 15.9. The Balaban J connectivity index is 0.00000264. The van der Waals surface area contributed by atoms with Gasteiger partial charge in [0.1, 0.15) is 0 Å². The average molecular weight is 373 g/mol. The summed E-state index contributed by atoms with van der Waals surface area (Å²) in [4.78, 5) is 12.3. The quantitative estimate of drug-likeness (QED) is 0.728. The van der Waals surface area contributed by atoms with Crippen molar-refractivity contribution in [2.45, 2.75) is 39.2 Å². The van der Waals surface area contributed by atoms with E-state index < -0.39 is 5.54 Å². The predicted molar refractivity (Wildman–Crippen MR) is 102 cm³/mol. The number of carbonyl (C=O) groups excluding carboxylic acids is 1. The number of hydrogen-bond donors (Lipinski definition) is 3. The van der Waals surface area contributed by atoms with Gasteiger partial charge in [-0.2, -0.15) is 5.10 Å². The van der Waals surface area contributed by atoms with E-state index in [4.69, 9.17) is 5.73 Å². The van der Waals surface area contributed by atoms with E-state index in [0.717, 1.165) is 28.9 Å². The molecule has 0 radical (unpaired) electrons. The number of aryl methyl sites for hydroxylation is 2. The molecule has 0 spiro atoms. The molecule has 0 aliphatic rings. The third kappa shape index (κ3) is 5.82. The molecule has 1 aromatic heterocycles. The van der Waals surface area contributed by atoms with E-state index in [0.29, 0.717) is 13.0 Å². The van der Waals surface area contributed by atoms with Crippen molar-refractivity contribution >= 4 is 30.7 Å². The Morgan fingerprint density at radius 2 is 1.88 bits per heavy atom. The molecule has 1 aromatic carbocycles. The third-order valence-corrected chi connectivity index (χ3v) is 3.87. The first-order chi connectivity index (χ1) is 10.4. The number of nitrogens with zero attached hydrogens (tertiary/aromatic N) is 1. The number of halogens is 2. The number of benzene rings is 1. The molecule has 2 aromatic rings. The molecule has 24 heavy (non-hydrogen) atoms. The second-order valence-corrected chi connectivity index (χ2v) is 6.00. The molecule has 134 valence electrons. The van der Waals surface area contributed by atoms with Crippen LogP contribution < -0.4 is 11.1 Å². The topological polar surface area (TPSA) is 83.8 Å². The molecule has 0 saturated heterocycles. The maximum absolute atomic E-state index is 12.3. The summed E-state index contributed by atoms with van der Waals surface area (Å²) >= 11 is 0. The van der Waals surface area contributed by atoms with E-state index in [1.807, 2.05) is 44.2 Å². The van der Waals surface area contributed by atoms with Crippen molar-refractivity contribution in [3.63, 3.8) is 0 Å². The van der Waals surface area contributed by atoms with Crippen molar-refractivity contribution in [2.24, 2.45) is 5.73 Å². The van der Waals surface area contributed by atoms with Crippen LogP contribution in [-0.4, -0.2) is 28.2 Å². The van der Waals surface area contributed by atoms with Crippen LogP contribution in [0.3, 0.4) is 0 Å². The lowest BCUT2D eigenvalue weighted by atomic mass is 9.93. The number of rotatable bonds is 6. The highest BCUT2D eigenvalue weighted by molar-refractivity contribution is 5.86. The summed E-state index contributed by atoms with van der Waals surface area (Å²) in [7, 11) is 0. The zero-order chi connectivity index (χ0) is 16.2. The summed E-state index contributed by atoms with van der Waals surface area (Å²) < 4.78 is 0. The van der Waals surface area contributed by atoms with Gasteiger partial charge in [0.05, 0.1) is 11.2 Å². The van der Waals surface area contributed by atoms with E-state index in [1.165, 1.54) is 0 Å². The lowest BCUT2D eigenvalue weighted by molar-refractivity contribution is -0.125. The predicted octanol–water partition coefficient (Wildman–Crippen LogP) is 2.49. The van der Waals surface area contributed by atoms with Crippen LogP contribution in [-0.2, 0) is 17.6 Å². The number of hydrogen-bond acceptors (Lipinski definition) is 3. The van der Waals surface area contributed by atoms with Crippen LogP contribution in [0.4, 0.5) is 0 Å². The number of carbonyl (C=O) groups is 1. The van der Waals surface area contributed by atoms with Crippen LogP contribution in [0.5, 0.6) is 0 Å². The monoisotopic (exact) mass is 372 g/mol. The van der Waals surface area contributed by atoms with Gasteiger partial charge in [-0.05, 0) is 44.7 Å². The zero-order valence-electron chi connectivity index (χ0n) is 14.3. The lowest BCUT2D eigenvalue weighted by Gasteiger charge is -2.23. The second-order valence-electron chi connectivity index (χ2n) is 6.00. The van der Waals surface area contributed by atoms with Crippen LogP contribution in [0.15, 0.2) is 30.3 Å². The van der Waals surface area contributed by atoms with Gasteiger partial charge in [-0.1, -0.05) is 30.3 Å². The van der Waals surface area contributed by atoms with Crippen LogP contribution in [0, 0.1) is 13.8 Å². The average Bonchev–Trinajstić information content (AvgIpc) is 2.79. The van der Waals surface area contributed by atoms with Crippen LogP contribution in [0.2, 0.25) is 0 Å². The molecule has 2 rings (SSSR count). The van der Waals surface area contributed by atoms with Gasteiger partial charge in [0, 0.05) is 12.2 Å². The standard InChI is InChI=1S/C17H24N4O.2ClH/c1-12-15(13(2)21-20-12)9-10-19-16(22)17(3,18)11-14-7-5-4-6-8-14;;/h4-8H,9-11,18H2,1-3H3,(H,19,22)(H,20,21);2*1H/t17-;;/m0../s1. The highest BCUT2D eigenvalue weighted by atomic mass is 35.5. The number of amides is 1. The molecule has 7 heteroatoms. The van der Waals surface area contributed by atoms with Crippen LogP contribution >= 0.6 is 24.8 Å². The normalized spacial score (nSPS) is 12.5. The fourth-order valence-electron chi connectivity index (χ4n) is 2.55. The first-order valence-corrected chi connectivity index (χ1v) is 7.51. The Bertz CT molecular complexity index is 622.